The van der Waals surface area contributed by atoms with Gasteiger partial charge in [-0.25, -0.2) is 4.98 Å². The van der Waals surface area contributed by atoms with E-state index in [-0.39, 0.29) is 12.3 Å². The molecule has 1 amide bonds. The molecular formula is C26H23ClN2O2. The predicted molar refractivity (Wildman–Crippen MR) is 123 cm³/mol. The summed E-state index contributed by atoms with van der Waals surface area (Å²) in [6.07, 6.45) is 2.31. The number of rotatable bonds is 7. The Morgan fingerprint density at radius 1 is 0.935 bits per heavy atom. The molecule has 0 aliphatic carbocycles. The maximum Gasteiger partial charge on any atom is 0.221 e. The normalized spacial score (nSPS) is 11.3. The monoisotopic (exact) mass is 430 g/mol. The van der Waals surface area contributed by atoms with Gasteiger partial charge in [0.25, 0.3) is 0 Å². The summed E-state index contributed by atoms with van der Waals surface area (Å²) in [5.41, 5.74) is 2.19. The number of benzene rings is 3. The fourth-order valence-corrected chi connectivity index (χ4v) is 3.86. The highest BCUT2D eigenvalue weighted by Crippen LogP contribution is 2.30. The molecule has 4 aromatic rings. The molecule has 3 aromatic carbocycles. The SMILES string of the molecule is CC(NC(=O)CCc1ncc(-c2ccccc2Cl)o1)(c1ccccc1)c1ccccc1. The molecule has 0 spiro atoms. The third kappa shape index (κ3) is 4.70. The molecule has 4 rings (SSSR count). The Bertz CT molecular complexity index is 1120. The number of hydrogen-bond acceptors (Lipinski definition) is 3. The average Bonchev–Trinajstić information content (AvgIpc) is 3.28. The van der Waals surface area contributed by atoms with Crippen molar-refractivity contribution < 1.29 is 9.21 Å². The molecule has 1 heterocycles. The molecule has 156 valence electrons. The van der Waals surface area contributed by atoms with Gasteiger partial charge in [-0.05, 0) is 30.2 Å². The number of carbonyl (C=O) groups excluding carboxylic acids is 1. The number of oxazole rings is 1. The van der Waals surface area contributed by atoms with Crippen LogP contribution >= 0.6 is 11.6 Å². The smallest absolute Gasteiger partial charge is 0.221 e. The molecule has 0 fully saturated rings. The fraction of sp³-hybridized carbons (Fsp3) is 0.154. The van der Waals surface area contributed by atoms with Crippen molar-refractivity contribution in [2.45, 2.75) is 25.3 Å². The van der Waals surface area contributed by atoms with Crippen LogP contribution in [0.5, 0.6) is 0 Å². The first-order valence-corrected chi connectivity index (χ1v) is 10.6. The second-order valence-electron chi connectivity index (χ2n) is 7.50. The van der Waals surface area contributed by atoms with E-state index < -0.39 is 5.54 Å². The molecular weight excluding hydrogens is 408 g/mol. The van der Waals surface area contributed by atoms with Crippen molar-refractivity contribution >= 4 is 17.5 Å². The van der Waals surface area contributed by atoms with Crippen LogP contribution in [-0.4, -0.2) is 10.9 Å². The van der Waals surface area contributed by atoms with Crippen molar-refractivity contribution in [3.63, 3.8) is 0 Å². The van der Waals surface area contributed by atoms with Crippen molar-refractivity contribution in [2.75, 3.05) is 0 Å². The zero-order valence-corrected chi connectivity index (χ0v) is 18.0. The molecule has 0 unspecified atom stereocenters. The molecule has 0 aliphatic rings. The minimum absolute atomic E-state index is 0.0762. The van der Waals surface area contributed by atoms with E-state index in [1.807, 2.05) is 85.8 Å². The minimum atomic E-state index is -0.640. The first-order valence-electron chi connectivity index (χ1n) is 10.2. The number of carbonyl (C=O) groups is 1. The van der Waals surface area contributed by atoms with Crippen LogP contribution in [0.1, 0.15) is 30.4 Å². The predicted octanol–water partition coefficient (Wildman–Crippen LogP) is 6.01. The lowest BCUT2D eigenvalue weighted by molar-refractivity contribution is -0.122. The lowest BCUT2D eigenvalue weighted by Crippen LogP contribution is -2.44. The maximum absolute atomic E-state index is 12.9. The summed E-state index contributed by atoms with van der Waals surface area (Å²) in [4.78, 5) is 17.2. The lowest BCUT2D eigenvalue weighted by atomic mass is 9.84. The van der Waals surface area contributed by atoms with Crippen molar-refractivity contribution in [1.29, 1.82) is 0 Å². The van der Waals surface area contributed by atoms with Gasteiger partial charge in [0.15, 0.2) is 11.7 Å². The molecule has 4 nitrogen and oxygen atoms in total. The average molecular weight is 431 g/mol. The summed E-state index contributed by atoms with van der Waals surface area (Å²) >= 11 is 6.23. The Balaban J connectivity index is 1.48. The Kier molecular flexibility index (Phi) is 6.19. The van der Waals surface area contributed by atoms with Gasteiger partial charge in [-0.3, -0.25) is 4.79 Å². The van der Waals surface area contributed by atoms with Gasteiger partial charge in [-0.2, -0.15) is 0 Å². The van der Waals surface area contributed by atoms with Gasteiger partial charge in [-0.1, -0.05) is 84.4 Å². The van der Waals surface area contributed by atoms with Crippen molar-refractivity contribution in [2.24, 2.45) is 0 Å². The van der Waals surface area contributed by atoms with E-state index >= 15 is 0 Å². The third-order valence-corrected chi connectivity index (χ3v) is 5.68. The summed E-state index contributed by atoms with van der Waals surface area (Å²) in [7, 11) is 0. The van der Waals surface area contributed by atoms with Crippen LogP contribution in [0.25, 0.3) is 11.3 Å². The van der Waals surface area contributed by atoms with Crippen molar-refractivity contribution in [3.8, 4) is 11.3 Å². The van der Waals surface area contributed by atoms with E-state index in [0.29, 0.717) is 23.1 Å². The van der Waals surface area contributed by atoms with Crippen LogP contribution in [0.4, 0.5) is 0 Å². The van der Waals surface area contributed by atoms with Gasteiger partial charge in [0.2, 0.25) is 5.91 Å². The summed E-state index contributed by atoms with van der Waals surface area (Å²) in [6, 6.07) is 27.4. The van der Waals surface area contributed by atoms with Crippen LogP contribution in [0, 0.1) is 0 Å². The molecule has 1 N–H and O–H groups in total. The van der Waals surface area contributed by atoms with E-state index in [0.717, 1.165) is 16.7 Å². The molecule has 0 aliphatic heterocycles. The lowest BCUT2D eigenvalue weighted by Gasteiger charge is -2.32. The van der Waals surface area contributed by atoms with Gasteiger partial charge >= 0.3 is 0 Å². The summed E-state index contributed by atoms with van der Waals surface area (Å²) in [5.74, 6) is 1.03. The highest BCUT2D eigenvalue weighted by Gasteiger charge is 2.30. The third-order valence-electron chi connectivity index (χ3n) is 5.35. The van der Waals surface area contributed by atoms with Crippen LogP contribution in [0.15, 0.2) is 95.5 Å². The highest BCUT2D eigenvalue weighted by molar-refractivity contribution is 6.33. The Morgan fingerprint density at radius 3 is 2.13 bits per heavy atom. The molecule has 5 heteroatoms. The molecule has 0 saturated heterocycles. The minimum Gasteiger partial charge on any atom is -0.441 e. The molecule has 0 atom stereocenters. The van der Waals surface area contributed by atoms with E-state index in [1.54, 1.807) is 12.3 Å². The van der Waals surface area contributed by atoms with Crippen molar-refractivity contribution in [1.82, 2.24) is 10.3 Å². The number of halogens is 1. The standard InChI is InChI=1S/C26H23ClN2O2/c1-26(19-10-4-2-5-11-19,20-12-6-3-7-13-20)29-24(30)16-17-25-28-18-23(31-25)21-14-8-9-15-22(21)27/h2-15,18H,16-17H2,1H3,(H,29,30). The number of amides is 1. The molecule has 1 aromatic heterocycles. The first-order chi connectivity index (χ1) is 15.1. The first kappa shape index (κ1) is 20.9. The number of aromatic nitrogens is 1. The van der Waals surface area contributed by atoms with Crippen molar-refractivity contribution in [3.05, 3.63) is 113 Å². The van der Waals surface area contributed by atoms with Gasteiger partial charge in [0.05, 0.1) is 16.8 Å². The van der Waals surface area contributed by atoms with Gasteiger partial charge in [0, 0.05) is 18.4 Å². The van der Waals surface area contributed by atoms with E-state index in [2.05, 4.69) is 10.3 Å². The number of nitrogens with zero attached hydrogens (tertiary/aromatic N) is 1. The zero-order chi connectivity index (χ0) is 21.7. The zero-order valence-electron chi connectivity index (χ0n) is 17.2. The Hall–Kier alpha value is -3.37. The summed E-state index contributed by atoms with van der Waals surface area (Å²) in [6.45, 7) is 2.02. The largest absolute Gasteiger partial charge is 0.441 e. The molecule has 31 heavy (non-hydrogen) atoms. The van der Waals surface area contributed by atoms with Crippen LogP contribution < -0.4 is 5.32 Å². The fourth-order valence-electron chi connectivity index (χ4n) is 3.63. The second-order valence-corrected chi connectivity index (χ2v) is 7.91. The van der Waals surface area contributed by atoms with Crippen LogP contribution in [0.3, 0.4) is 0 Å². The number of hydrogen-bond donors (Lipinski definition) is 1. The van der Waals surface area contributed by atoms with Crippen LogP contribution in [0.2, 0.25) is 5.02 Å². The number of aryl methyl sites for hydroxylation is 1. The van der Waals surface area contributed by atoms with E-state index in [4.69, 9.17) is 16.0 Å². The van der Waals surface area contributed by atoms with E-state index in [1.165, 1.54) is 0 Å². The maximum atomic E-state index is 12.9. The van der Waals surface area contributed by atoms with E-state index in [9.17, 15) is 4.79 Å². The van der Waals surface area contributed by atoms with Gasteiger partial charge < -0.3 is 9.73 Å². The summed E-state index contributed by atoms with van der Waals surface area (Å²) in [5, 5.41) is 3.82. The Labute approximate surface area is 186 Å². The molecule has 0 bridgehead atoms. The van der Waals surface area contributed by atoms with Crippen LogP contribution in [-0.2, 0) is 16.8 Å². The second kappa shape index (κ2) is 9.19. The Morgan fingerprint density at radius 2 is 1.52 bits per heavy atom. The van der Waals surface area contributed by atoms with Gasteiger partial charge in [-0.15, -0.1) is 0 Å². The topological polar surface area (TPSA) is 55.1 Å². The quantitative estimate of drug-likeness (QED) is 0.390. The molecule has 0 saturated carbocycles. The van der Waals surface area contributed by atoms with Gasteiger partial charge in [0.1, 0.15) is 0 Å². The number of nitrogens with one attached hydrogen (secondary N) is 1. The highest BCUT2D eigenvalue weighted by atomic mass is 35.5. The molecule has 0 radical (unpaired) electrons. The summed E-state index contributed by atoms with van der Waals surface area (Å²) < 4.78 is 5.82.